The first kappa shape index (κ1) is 18.7. The molecule has 26 heavy (non-hydrogen) atoms. The van der Waals surface area contributed by atoms with Gasteiger partial charge < -0.3 is 15.0 Å². The van der Waals surface area contributed by atoms with Crippen molar-refractivity contribution in [3.05, 3.63) is 65.2 Å². The fourth-order valence-corrected chi connectivity index (χ4v) is 3.45. The number of benzene rings is 2. The molecule has 5 heteroatoms. The van der Waals surface area contributed by atoms with E-state index >= 15 is 0 Å². The minimum atomic E-state index is -0.571. The Kier molecular flexibility index (Phi) is 6.53. The van der Waals surface area contributed by atoms with E-state index in [-0.39, 0.29) is 5.91 Å². The SMILES string of the molecule is C[C@@H](Oc1cccc(Cl)c1)C(=O)N(Cc1ccccc1)C[C@H]1CCCN1. The number of ether oxygens (including phenoxy) is 1. The van der Waals surface area contributed by atoms with Crippen LogP contribution in [0, 0.1) is 0 Å². The van der Waals surface area contributed by atoms with Crippen LogP contribution in [0.25, 0.3) is 0 Å². The number of amides is 1. The summed E-state index contributed by atoms with van der Waals surface area (Å²) < 4.78 is 5.84. The molecule has 0 spiro atoms. The zero-order valence-electron chi connectivity index (χ0n) is 15.0. The quantitative estimate of drug-likeness (QED) is 0.801. The molecule has 0 aliphatic carbocycles. The van der Waals surface area contributed by atoms with Crippen LogP contribution in [0.15, 0.2) is 54.6 Å². The largest absolute Gasteiger partial charge is 0.481 e. The van der Waals surface area contributed by atoms with Crippen molar-refractivity contribution in [1.29, 1.82) is 0 Å². The van der Waals surface area contributed by atoms with Crippen LogP contribution in [0.4, 0.5) is 0 Å². The van der Waals surface area contributed by atoms with Crippen LogP contribution in [-0.4, -0.2) is 36.0 Å². The Morgan fingerprint density at radius 2 is 2.08 bits per heavy atom. The van der Waals surface area contributed by atoms with Crippen LogP contribution in [-0.2, 0) is 11.3 Å². The van der Waals surface area contributed by atoms with Crippen LogP contribution in [0.5, 0.6) is 5.75 Å². The van der Waals surface area contributed by atoms with Gasteiger partial charge in [-0.2, -0.15) is 0 Å². The maximum Gasteiger partial charge on any atom is 0.263 e. The van der Waals surface area contributed by atoms with Gasteiger partial charge in [-0.1, -0.05) is 48.0 Å². The average Bonchev–Trinajstić information content (AvgIpc) is 3.14. The summed E-state index contributed by atoms with van der Waals surface area (Å²) in [4.78, 5) is 15.0. The molecule has 4 nitrogen and oxygen atoms in total. The van der Waals surface area contributed by atoms with Crippen LogP contribution in [0.2, 0.25) is 5.02 Å². The van der Waals surface area contributed by atoms with Crippen molar-refractivity contribution in [2.45, 2.75) is 38.5 Å². The van der Waals surface area contributed by atoms with Gasteiger partial charge in [0, 0.05) is 24.2 Å². The van der Waals surface area contributed by atoms with Gasteiger partial charge in [-0.05, 0) is 50.1 Å². The Bertz CT molecular complexity index is 717. The molecule has 1 N–H and O–H groups in total. The number of nitrogens with zero attached hydrogens (tertiary/aromatic N) is 1. The first-order chi connectivity index (χ1) is 12.6. The smallest absolute Gasteiger partial charge is 0.263 e. The molecule has 3 rings (SSSR count). The van der Waals surface area contributed by atoms with Crippen LogP contribution < -0.4 is 10.1 Å². The van der Waals surface area contributed by atoms with Gasteiger partial charge >= 0.3 is 0 Å². The zero-order chi connectivity index (χ0) is 18.4. The minimum absolute atomic E-state index is 0.0115. The highest BCUT2D eigenvalue weighted by Gasteiger charge is 2.26. The second-order valence-corrected chi connectivity index (χ2v) is 7.15. The maximum absolute atomic E-state index is 13.1. The van der Waals surface area contributed by atoms with Crippen molar-refractivity contribution in [3.8, 4) is 5.75 Å². The van der Waals surface area contributed by atoms with Gasteiger partial charge in [-0.15, -0.1) is 0 Å². The van der Waals surface area contributed by atoms with Crippen molar-refractivity contribution in [2.24, 2.45) is 0 Å². The molecular weight excluding hydrogens is 348 g/mol. The molecule has 1 aliphatic rings. The molecule has 0 radical (unpaired) electrons. The second-order valence-electron chi connectivity index (χ2n) is 6.72. The molecule has 0 aromatic heterocycles. The highest BCUT2D eigenvalue weighted by atomic mass is 35.5. The van der Waals surface area contributed by atoms with Crippen LogP contribution >= 0.6 is 11.6 Å². The summed E-state index contributed by atoms with van der Waals surface area (Å²) in [6.07, 6.45) is 1.69. The van der Waals surface area contributed by atoms with E-state index in [1.54, 1.807) is 19.1 Å². The molecule has 1 aliphatic heterocycles. The van der Waals surface area contributed by atoms with Gasteiger partial charge in [0.1, 0.15) is 5.75 Å². The predicted octanol–water partition coefficient (Wildman–Crippen LogP) is 3.89. The standard InChI is InChI=1S/C21H25ClN2O2/c1-16(26-20-11-5-9-18(22)13-20)21(25)24(15-19-10-6-12-23-19)14-17-7-3-2-4-8-17/h2-5,7-9,11,13,16,19,23H,6,10,12,14-15H2,1H3/t16-,19-/m1/s1. The fraction of sp³-hybridized carbons (Fsp3) is 0.381. The third kappa shape index (κ3) is 5.23. The first-order valence-corrected chi connectivity index (χ1v) is 9.48. The van der Waals surface area contributed by atoms with E-state index < -0.39 is 6.10 Å². The molecule has 1 saturated heterocycles. The van der Waals surface area contributed by atoms with Crippen molar-refractivity contribution >= 4 is 17.5 Å². The number of carbonyl (C=O) groups excluding carboxylic acids is 1. The van der Waals surface area contributed by atoms with E-state index in [0.717, 1.165) is 24.9 Å². The van der Waals surface area contributed by atoms with E-state index in [1.165, 1.54) is 0 Å². The van der Waals surface area contributed by atoms with Gasteiger partial charge in [0.15, 0.2) is 6.10 Å². The van der Waals surface area contributed by atoms with E-state index in [2.05, 4.69) is 5.32 Å². The monoisotopic (exact) mass is 372 g/mol. The lowest BCUT2D eigenvalue weighted by atomic mass is 10.1. The van der Waals surface area contributed by atoms with Crippen molar-refractivity contribution in [1.82, 2.24) is 10.2 Å². The molecule has 0 unspecified atom stereocenters. The molecule has 138 valence electrons. The molecule has 2 aromatic rings. The second kappa shape index (κ2) is 9.06. The summed E-state index contributed by atoms with van der Waals surface area (Å²) >= 11 is 6.01. The lowest BCUT2D eigenvalue weighted by molar-refractivity contribution is -0.139. The average molecular weight is 373 g/mol. The number of hydrogen-bond acceptors (Lipinski definition) is 3. The van der Waals surface area contributed by atoms with Gasteiger partial charge in [0.2, 0.25) is 0 Å². The van der Waals surface area contributed by atoms with Crippen LogP contribution in [0.3, 0.4) is 0 Å². The molecule has 1 fully saturated rings. The summed E-state index contributed by atoms with van der Waals surface area (Å²) in [5.41, 5.74) is 1.12. The third-order valence-electron chi connectivity index (χ3n) is 4.59. The number of nitrogens with one attached hydrogen (secondary N) is 1. The Morgan fingerprint density at radius 1 is 1.27 bits per heavy atom. The molecule has 2 aromatic carbocycles. The Labute approximate surface area is 160 Å². The maximum atomic E-state index is 13.1. The Morgan fingerprint density at radius 3 is 2.77 bits per heavy atom. The summed E-state index contributed by atoms with van der Waals surface area (Å²) in [6.45, 7) is 4.09. The van der Waals surface area contributed by atoms with Crippen LogP contribution in [0.1, 0.15) is 25.3 Å². The Hall–Kier alpha value is -2.04. The number of rotatable bonds is 7. The van der Waals surface area contributed by atoms with Crippen molar-refractivity contribution < 1.29 is 9.53 Å². The molecule has 1 heterocycles. The summed E-state index contributed by atoms with van der Waals surface area (Å²) in [6, 6.07) is 17.6. The van der Waals surface area contributed by atoms with Crippen molar-refractivity contribution in [2.75, 3.05) is 13.1 Å². The number of halogens is 1. The summed E-state index contributed by atoms with van der Waals surface area (Å²) in [5.74, 6) is 0.597. The van der Waals surface area contributed by atoms with Gasteiger partial charge in [0.25, 0.3) is 5.91 Å². The predicted molar refractivity (Wildman–Crippen MR) is 104 cm³/mol. The Balaban J connectivity index is 1.69. The van der Waals surface area contributed by atoms with Gasteiger partial charge in [-0.3, -0.25) is 4.79 Å². The number of carbonyl (C=O) groups is 1. The first-order valence-electron chi connectivity index (χ1n) is 9.10. The minimum Gasteiger partial charge on any atom is -0.481 e. The lowest BCUT2D eigenvalue weighted by Crippen LogP contribution is -2.45. The molecule has 0 saturated carbocycles. The fourth-order valence-electron chi connectivity index (χ4n) is 3.27. The molecule has 0 bridgehead atoms. The molecular formula is C21H25ClN2O2. The summed E-state index contributed by atoms with van der Waals surface area (Å²) in [7, 11) is 0. The van der Waals surface area contributed by atoms with E-state index in [0.29, 0.717) is 29.9 Å². The van der Waals surface area contributed by atoms with Gasteiger partial charge in [-0.25, -0.2) is 0 Å². The number of hydrogen-bond donors (Lipinski definition) is 1. The van der Waals surface area contributed by atoms with Gasteiger partial charge in [0.05, 0.1) is 0 Å². The zero-order valence-corrected chi connectivity index (χ0v) is 15.8. The third-order valence-corrected chi connectivity index (χ3v) is 4.82. The van der Waals surface area contributed by atoms with E-state index in [9.17, 15) is 4.79 Å². The van der Waals surface area contributed by atoms with E-state index in [1.807, 2.05) is 47.4 Å². The van der Waals surface area contributed by atoms with E-state index in [4.69, 9.17) is 16.3 Å². The topological polar surface area (TPSA) is 41.6 Å². The highest BCUT2D eigenvalue weighted by molar-refractivity contribution is 6.30. The summed E-state index contributed by atoms with van der Waals surface area (Å²) in [5, 5.41) is 4.07. The lowest BCUT2D eigenvalue weighted by Gasteiger charge is -2.29. The highest BCUT2D eigenvalue weighted by Crippen LogP contribution is 2.20. The normalized spacial score (nSPS) is 17.7. The molecule has 2 atom stereocenters. The van der Waals surface area contributed by atoms with Crippen molar-refractivity contribution in [3.63, 3.8) is 0 Å². The molecule has 1 amide bonds.